The van der Waals surface area contributed by atoms with Crippen LogP contribution in [0, 0.1) is 0 Å². The molecule has 29 heavy (non-hydrogen) atoms. The lowest BCUT2D eigenvalue weighted by molar-refractivity contribution is 0.437. The van der Waals surface area contributed by atoms with Crippen LogP contribution in [0.1, 0.15) is 33.1 Å². The van der Waals surface area contributed by atoms with Gasteiger partial charge < -0.3 is 9.80 Å². The minimum Gasteiger partial charge on any atom is -0.309 e. The Morgan fingerprint density at radius 1 is 0.552 bits per heavy atom. The van der Waals surface area contributed by atoms with Gasteiger partial charge in [-0.1, -0.05) is 70.4 Å². The first-order chi connectivity index (χ1) is 13.7. The van der Waals surface area contributed by atoms with E-state index in [2.05, 4.69) is 88.5 Å². The van der Waals surface area contributed by atoms with Gasteiger partial charge in [0.05, 0.1) is 16.1 Å². The van der Waals surface area contributed by atoms with Crippen LogP contribution in [0.5, 0.6) is 0 Å². The molecule has 0 aromatic carbocycles. The molecule has 0 aliphatic heterocycles. The summed E-state index contributed by atoms with van der Waals surface area (Å²) < 4.78 is 0. The summed E-state index contributed by atoms with van der Waals surface area (Å²) >= 11 is 4.40. The minimum atomic E-state index is -1.10. The fourth-order valence-electron chi connectivity index (χ4n) is 4.23. The molecule has 2 nitrogen and oxygen atoms in total. The zero-order valence-corrected chi connectivity index (χ0v) is 25.0. The molecule has 0 radical (unpaired) electrons. The predicted octanol–water partition coefficient (Wildman–Crippen LogP) is 6.94. The second-order valence-corrected chi connectivity index (χ2v) is 23.0. The van der Waals surface area contributed by atoms with E-state index in [1.807, 2.05) is 0 Å². The third-order valence-corrected chi connectivity index (χ3v) is 18.4. The van der Waals surface area contributed by atoms with Crippen molar-refractivity contribution in [3.8, 4) is 0 Å². The molecular formula is C23H54N2S2Si2. The minimum absolute atomic E-state index is 0.962. The van der Waals surface area contributed by atoms with Crippen molar-refractivity contribution < 1.29 is 0 Å². The second kappa shape index (κ2) is 17.6. The summed E-state index contributed by atoms with van der Waals surface area (Å²) in [4.78, 5) is 4.63. The number of thioether (sulfide) groups is 2. The highest BCUT2D eigenvalue weighted by Gasteiger charge is 2.29. The van der Waals surface area contributed by atoms with Gasteiger partial charge >= 0.3 is 0 Å². The first-order valence-corrected chi connectivity index (χ1v) is 20.7. The molecule has 0 unspecified atom stereocenters. The largest absolute Gasteiger partial charge is 0.309 e. The molecule has 0 aromatic heterocycles. The number of hydrogen-bond acceptors (Lipinski definition) is 4. The Morgan fingerprint density at radius 3 is 1.28 bits per heavy atom. The maximum atomic E-state index is 2.74. The van der Waals surface area contributed by atoms with Gasteiger partial charge in [0.1, 0.15) is 0 Å². The molecule has 0 aliphatic carbocycles. The average Bonchev–Trinajstić information content (AvgIpc) is 2.61. The standard InChI is InChI=1S/C23H54N2S2Si2/c1-9-18-28(7,19-10-2)20-11-21-29(8,22-16-26-14-12-24(3)4)23-17-27-15-13-25(5)6/h9-23H2,1-8H3. The van der Waals surface area contributed by atoms with Crippen LogP contribution in [-0.2, 0) is 0 Å². The lowest BCUT2D eigenvalue weighted by Gasteiger charge is -2.31. The van der Waals surface area contributed by atoms with E-state index in [9.17, 15) is 0 Å². The molecular weight excluding hydrogens is 425 g/mol. The van der Waals surface area contributed by atoms with Crippen LogP contribution in [0.25, 0.3) is 0 Å². The Kier molecular flexibility index (Phi) is 18.2. The van der Waals surface area contributed by atoms with Gasteiger partial charge in [-0.05, 0) is 51.8 Å². The second-order valence-electron chi connectivity index (χ2n) is 10.3. The van der Waals surface area contributed by atoms with Crippen molar-refractivity contribution in [2.45, 2.75) is 82.5 Å². The van der Waals surface area contributed by atoms with E-state index < -0.39 is 16.1 Å². The summed E-state index contributed by atoms with van der Waals surface area (Å²) in [6.07, 6.45) is 4.35. The average molecular weight is 479 g/mol. The van der Waals surface area contributed by atoms with E-state index in [0.29, 0.717) is 0 Å². The van der Waals surface area contributed by atoms with Gasteiger partial charge in [-0.3, -0.25) is 0 Å². The summed E-state index contributed by atoms with van der Waals surface area (Å²) in [7, 11) is 6.71. The molecule has 0 fully saturated rings. The molecule has 176 valence electrons. The fraction of sp³-hybridized carbons (Fsp3) is 1.00. The van der Waals surface area contributed by atoms with Crippen molar-refractivity contribution in [2.75, 3.05) is 64.3 Å². The Morgan fingerprint density at radius 2 is 0.931 bits per heavy atom. The summed E-state index contributed by atoms with van der Waals surface area (Å²) in [5.74, 6) is 5.40. The highest BCUT2D eigenvalue weighted by molar-refractivity contribution is 7.99. The van der Waals surface area contributed by atoms with Crippen LogP contribution < -0.4 is 0 Å². The Bertz CT molecular complexity index is 358. The third kappa shape index (κ3) is 17.3. The van der Waals surface area contributed by atoms with Crippen LogP contribution in [0.4, 0.5) is 0 Å². The number of hydrogen-bond donors (Lipinski definition) is 0. The molecule has 0 saturated carbocycles. The highest BCUT2D eigenvalue weighted by Crippen LogP contribution is 2.32. The summed E-state index contributed by atoms with van der Waals surface area (Å²) in [6, 6.07) is 9.38. The number of rotatable bonds is 20. The monoisotopic (exact) mass is 478 g/mol. The van der Waals surface area contributed by atoms with Crippen LogP contribution in [0.15, 0.2) is 0 Å². The number of nitrogens with zero attached hydrogens (tertiary/aromatic N) is 2. The van der Waals surface area contributed by atoms with Gasteiger partial charge in [0.2, 0.25) is 0 Å². The topological polar surface area (TPSA) is 6.48 Å². The van der Waals surface area contributed by atoms with Crippen molar-refractivity contribution in [3.63, 3.8) is 0 Å². The molecule has 6 heteroatoms. The van der Waals surface area contributed by atoms with Gasteiger partial charge in [0, 0.05) is 24.6 Å². The maximum Gasteiger partial charge on any atom is 0.0520 e. The van der Waals surface area contributed by atoms with Crippen molar-refractivity contribution in [1.29, 1.82) is 0 Å². The van der Waals surface area contributed by atoms with E-state index in [-0.39, 0.29) is 0 Å². The van der Waals surface area contributed by atoms with Crippen LogP contribution in [-0.4, -0.2) is 90.2 Å². The molecule has 0 bridgehead atoms. The zero-order chi connectivity index (χ0) is 22.2. The van der Waals surface area contributed by atoms with E-state index in [4.69, 9.17) is 0 Å². The summed E-state index contributed by atoms with van der Waals surface area (Å²) in [5, 5.41) is 0. The molecule has 0 heterocycles. The molecule has 0 rings (SSSR count). The summed E-state index contributed by atoms with van der Waals surface area (Å²) in [5.41, 5.74) is 0. The molecule has 0 amide bonds. The molecule has 0 saturated heterocycles. The first kappa shape index (κ1) is 30.1. The van der Waals surface area contributed by atoms with Crippen LogP contribution in [0.3, 0.4) is 0 Å². The smallest absolute Gasteiger partial charge is 0.0520 e. The van der Waals surface area contributed by atoms with E-state index in [1.165, 1.54) is 55.4 Å². The van der Waals surface area contributed by atoms with Crippen LogP contribution >= 0.6 is 23.5 Å². The zero-order valence-electron chi connectivity index (χ0n) is 21.3. The van der Waals surface area contributed by atoms with Gasteiger partial charge in [-0.15, -0.1) is 0 Å². The molecule has 0 spiro atoms. The van der Waals surface area contributed by atoms with Gasteiger partial charge in [0.25, 0.3) is 0 Å². The maximum absolute atomic E-state index is 2.74. The summed E-state index contributed by atoms with van der Waals surface area (Å²) in [6.45, 7) is 12.7. The van der Waals surface area contributed by atoms with E-state index in [0.717, 1.165) is 0 Å². The lowest BCUT2D eigenvalue weighted by Crippen LogP contribution is -2.34. The van der Waals surface area contributed by atoms with Crippen LogP contribution in [0.2, 0.25) is 49.4 Å². The van der Waals surface area contributed by atoms with Crippen molar-refractivity contribution in [3.05, 3.63) is 0 Å². The van der Waals surface area contributed by atoms with Crippen molar-refractivity contribution in [1.82, 2.24) is 9.80 Å². The Balaban J connectivity index is 4.54. The predicted molar refractivity (Wildman–Crippen MR) is 149 cm³/mol. The van der Waals surface area contributed by atoms with Gasteiger partial charge in [0.15, 0.2) is 0 Å². The van der Waals surface area contributed by atoms with Gasteiger partial charge in [-0.25, -0.2) is 0 Å². The van der Waals surface area contributed by atoms with E-state index in [1.54, 1.807) is 36.3 Å². The van der Waals surface area contributed by atoms with Crippen molar-refractivity contribution in [2.24, 2.45) is 0 Å². The Hall–Kier alpha value is 1.05. The van der Waals surface area contributed by atoms with E-state index >= 15 is 0 Å². The lowest BCUT2D eigenvalue weighted by atomic mass is 10.5. The highest BCUT2D eigenvalue weighted by atomic mass is 32.2. The normalized spacial score (nSPS) is 13.0. The fourth-order valence-corrected chi connectivity index (χ4v) is 17.1. The molecule has 0 atom stereocenters. The quantitative estimate of drug-likeness (QED) is 0.138. The molecule has 0 N–H and O–H groups in total. The molecule has 0 aromatic rings. The first-order valence-electron chi connectivity index (χ1n) is 12.1. The van der Waals surface area contributed by atoms with Crippen molar-refractivity contribution >= 4 is 39.7 Å². The Labute approximate surface area is 195 Å². The molecule has 0 aliphatic rings. The third-order valence-electron chi connectivity index (χ3n) is 6.33. The van der Waals surface area contributed by atoms with Gasteiger partial charge in [-0.2, -0.15) is 23.5 Å². The SMILES string of the molecule is CCC[Si](C)(CCC)CCC[Si](C)(CCSCCN(C)C)CCSCCN(C)C.